The van der Waals surface area contributed by atoms with Crippen molar-refractivity contribution in [3.63, 3.8) is 0 Å². The van der Waals surface area contributed by atoms with Gasteiger partial charge in [0.15, 0.2) is 6.10 Å². The van der Waals surface area contributed by atoms with E-state index in [1.807, 2.05) is 91.0 Å². The fourth-order valence-corrected chi connectivity index (χ4v) is 3.53. The van der Waals surface area contributed by atoms with Gasteiger partial charge in [0.05, 0.1) is 5.52 Å². The second-order valence-corrected chi connectivity index (χ2v) is 7.60. The van der Waals surface area contributed by atoms with Crippen molar-refractivity contribution in [1.29, 1.82) is 0 Å². The SMILES string of the molecule is C[C@@H](OC(=O)c1ccc2ccccc2n1)C(=O)N(Cc1ccccc1)Cc1ccccc1. The van der Waals surface area contributed by atoms with Crippen LogP contribution in [0.15, 0.2) is 97.1 Å². The van der Waals surface area contributed by atoms with E-state index < -0.39 is 12.1 Å². The minimum Gasteiger partial charge on any atom is -0.448 e. The first kappa shape index (κ1) is 21.2. The van der Waals surface area contributed by atoms with Crippen molar-refractivity contribution in [2.45, 2.75) is 26.1 Å². The lowest BCUT2D eigenvalue weighted by atomic mass is 10.1. The number of fused-ring (bicyclic) bond motifs is 1. The molecule has 0 aliphatic carbocycles. The molecule has 0 unspecified atom stereocenters. The molecule has 0 fully saturated rings. The first-order valence-electron chi connectivity index (χ1n) is 10.5. The van der Waals surface area contributed by atoms with E-state index in [9.17, 15) is 9.59 Å². The lowest BCUT2D eigenvalue weighted by Gasteiger charge is -2.26. The molecule has 0 aliphatic rings. The highest BCUT2D eigenvalue weighted by molar-refractivity contribution is 5.93. The third-order valence-corrected chi connectivity index (χ3v) is 5.18. The van der Waals surface area contributed by atoms with Crippen molar-refractivity contribution < 1.29 is 14.3 Å². The summed E-state index contributed by atoms with van der Waals surface area (Å²) in [6.07, 6.45) is -0.941. The van der Waals surface area contributed by atoms with Crippen LogP contribution in [0.1, 0.15) is 28.5 Å². The van der Waals surface area contributed by atoms with Crippen molar-refractivity contribution in [3.05, 3.63) is 114 Å². The maximum Gasteiger partial charge on any atom is 0.357 e. The van der Waals surface area contributed by atoms with E-state index in [0.717, 1.165) is 16.5 Å². The van der Waals surface area contributed by atoms with Crippen LogP contribution in [-0.4, -0.2) is 27.9 Å². The van der Waals surface area contributed by atoms with Crippen molar-refractivity contribution in [2.75, 3.05) is 0 Å². The molecule has 1 atom stereocenters. The number of para-hydroxylation sites is 1. The van der Waals surface area contributed by atoms with Crippen molar-refractivity contribution in [2.24, 2.45) is 0 Å². The summed E-state index contributed by atoms with van der Waals surface area (Å²) in [5.41, 5.74) is 2.90. The summed E-state index contributed by atoms with van der Waals surface area (Å²) in [5, 5.41) is 0.935. The highest BCUT2D eigenvalue weighted by Gasteiger charge is 2.25. The van der Waals surface area contributed by atoms with Gasteiger partial charge in [0.1, 0.15) is 5.69 Å². The van der Waals surface area contributed by atoms with Gasteiger partial charge < -0.3 is 9.64 Å². The van der Waals surface area contributed by atoms with Crippen molar-refractivity contribution >= 4 is 22.8 Å². The van der Waals surface area contributed by atoms with Gasteiger partial charge in [0, 0.05) is 18.5 Å². The number of hydrogen-bond donors (Lipinski definition) is 0. The maximum absolute atomic E-state index is 13.3. The lowest BCUT2D eigenvalue weighted by molar-refractivity contribution is -0.141. The zero-order valence-corrected chi connectivity index (χ0v) is 17.8. The molecule has 0 spiro atoms. The van der Waals surface area contributed by atoms with E-state index >= 15 is 0 Å². The van der Waals surface area contributed by atoms with Crippen LogP contribution in [0.25, 0.3) is 10.9 Å². The smallest absolute Gasteiger partial charge is 0.357 e. The summed E-state index contributed by atoms with van der Waals surface area (Å²) in [5.74, 6) is -0.872. The molecule has 0 N–H and O–H groups in total. The number of benzene rings is 3. The number of rotatable bonds is 7. The molecule has 1 heterocycles. The molecule has 32 heavy (non-hydrogen) atoms. The quantitative estimate of drug-likeness (QED) is 0.391. The Morgan fingerprint density at radius 1 is 0.781 bits per heavy atom. The predicted octanol–water partition coefficient (Wildman–Crippen LogP) is 5.01. The zero-order chi connectivity index (χ0) is 22.3. The van der Waals surface area contributed by atoms with E-state index in [2.05, 4.69) is 4.98 Å². The summed E-state index contributed by atoms with van der Waals surface area (Å²) >= 11 is 0. The topological polar surface area (TPSA) is 59.5 Å². The number of nitrogens with zero attached hydrogens (tertiary/aromatic N) is 2. The minimum absolute atomic E-state index is 0.181. The van der Waals surface area contributed by atoms with Gasteiger partial charge in [-0.3, -0.25) is 4.79 Å². The van der Waals surface area contributed by atoms with E-state index in [1.165, 1.54) is 0 Å². The first-order valence-corrected chi connectivity index (χ1v) is 10.5. The number of pyridine rings is 1. The highest BCUT2D eigenvalue weighted by Crippen LogP contribution is 2.15. The fraction of sp³-hybridized carbons (Fsp3) is 0.148. The fourth-order valence-electron chi connectivity index (χ4n) is 3.53. The van der Waals surface area contributed by atoms with Crippen molar-refractivity contribution in [3.8, 4) is 0 Å². The van der Waals surface area contributed by atoms with E-state index in [0.29, 0.717) is 18.6 Å². The Morgan fingerprint density at radius 2 is 1.34 bits per heavy atom. The van der Waals surface area contributed by atoms with Gasteiger partial charge in [-0.2, -0.15) is 0 Å². The van der Waals surface area contributed by atoms with Gasteiger partial charge >= 0.3 is 5.97 Å². The van der Waals surface area contributed by atoms with Gasteiger partial charge in [-0.25, -0.2) is 9.78 Å². The lowest BCUT2D eigenvalue weighted by Crippen LogP contribution is -2.39. The third-order valence-electron chi connectivity index (χ3n) is 5.18. The van der Waals surface area contributed by atoms with Crippen LogP contribution >= 0.6 is 0 Å². The summed E-state index contributed by atoms with van der Waals surface area (Å²) < 4.78 is 5.51. The highest BCUT2D eigenvalue weighted by atomic mass is 16.5. The predicted molar refractivity (Wildman–Crippen MR) is 124 cm³/mol. The van der Waals surface area contributed by atoms with Gasteiger partial charge in [0.25, 0.3) is 5.91 Å². The Kier molecular flexibility index (Phi) is 6.56. The largest absolute Gasteiger partial charge is 0.448 e. The first-order chi connectivity index (χ1) is 15.6. The number of carbonyl (C=O) groups excluding carboxylic acids is 2. The Hall–Kier alpha value is -3.99. The molecule has 0 saturated heterocycles. The van der Waals surface area contributed by atoms with E-state index in [4.69, 9.17) is 4.74 Å². The number of amides is 1. The second-order valence-electron chi connectivity index (χ2n) is 7.60. The average molecular weight is 425 g/mol. The zero-order valence-electron chi connectivity index (χ0n) is 17.8. The number of ether oxygens (including phenoxy) is 1. The molecule has 4 aromatic rings. The monoisotopic (exact) mass is 424 g/mol. The van der Waals surface area contributed by atoms with Crippen LogP contribution < -0.4 is 0 Å². The van der Waals surface area contributed by atoms with Crippen LogP contribution in [0.5, 0.6) is 0 Å². The third kappa shape index (κ3) is 5.19. The minimum atomic E-state index is -0.941. The van der Waals surface area contributed by atoms with Gasteiger partial charge in [-0.05, 0) is 30.2 Å². The van der Waals surface area contributed by atoms with Gasteiger partial charge in [-0.1, -0.05) is 84.9 Å². The van der Waals surface area contributed by atoms with Crippen molar-refractivity contribution in [1.82, 2.24) is 9.88 Å². The number of hydrogen-bond acceptors (Lipinski definition) is 4. The molecule has 0 radical (unpaired) electrons. The van der Waals surface area contributed by atoms with E-state index in [1.54, 1.807) is 17.9 Å². The molecule has 160 valence electrons. The summed E-state index contributed by atoms with van der Waals surface area (Å²) in [6, 6.07) is 30.5. The Balaban J connectivity index is 1.50. The number of esters is 1. The molecule has 4 rings (SSSR count). The normalized spacial score (nSPS) is 11.7. The Labute approximate surface area is 187 Å². The molecule has 1 aromatic heterocycles. The Morgan fingerprint density at radius 3 is 1.97 bits per heavy atom. The summed E-state index contributed by atoms with van der Waals surface area (Å²) in [6.45, 7) is 2.44. The molecule has 0 aliphatic heterocycles. The molecule has 5 nitrogen and oxygen atoms in total. The molecular formula is C27H24N2O3. The number of aromatic nitrogens is 1. The molecule has 0 bridgehead atoms. The molecule has 1 amide bonds. The van der Waals surface area contributed by atoms with E-state index in [-0.39, 0.29) is 11.6 Å². The average Bonchev–Trinajstić information content (AvgIpc) is 2.84. The van der Waals surface area contributed by atoms with Crippen LogP contribution in [0.3, 0.4) is 0 Å². The summed E-state index contributed by atoms with van der Waals surface area (Å²) in [7, 11) is 0. The molecule has 5 heteroatoms. The van der Waals surface area contributed by atoms with Gasteiger partial charge in [-0.15, -0.1) is 0 Å². The van der Waals surface area contributed by atoms with Crippen LogP contribution in [0.4, 0.5) is 0 Å². The maximum atomic E-state index is 13.3. The van der Waals surface area contributed by atoms with Gasteiger partial charge in [0.2, 0.25) is 0 Å². The number of carbonyl (C=O) groups is 2. The molecular weight excluding hydrogens is 400 g/mol. The van der Waals surface area contributed by atoms with Crippen LogP contribution in [0, 0.1) is 0 Å². The van der Waals surface area contributed by atoms with Crippen LogP contribution in [-0.2, 0) is 22.6 Å². The molecule has 3 aromatic carbocycles. The Bertz CT molecular complexity index is 1170. The van der Waals surface area contributed by atoms with Crippen LogP contribution in [0.2, 0.25) is 0 Å². The second kappa shape index (κ2) is 9.88. The standard InChI is InChI=1S/C27H24N2O3/c1-20(32-27(31)25-17-16-23-14-8-9-15-24(23)28-25)26(30)29(18-21-10-4-2-5-11-21)19-22-12-6-3-7-13-22/h2-17,20H,18-19H2,1H3/t20-/m1/s1. The summed E-state index contributed by atoms with van der Waals surface area (Å²) in [4.78, 5) is 32.0. The molecule has 0 saturated carbocycles.